The lowest BCUT2D eigenvalue weighted by atomic mass is 10.1. The molecule has 2 aromatic rings. The Labute approximate surface area is 148 Å². The minimum Gasteiger partial charge on any atom is -0.462 e. The number of hydrogen-bond acceptors (Lipinski definition) is 4. The normalized spacial score (nSPS) is 10.8. The largest absolute Gasteiger partial charge is 0.462 e. The third-order valence-electron chi connectivity index (χ3n) is 3.30. The summed E-state index contributed by atoms with van der Waals surface area (Å²) in [6.07, 6.45) is 0.959. The minimum absolute atomic E-state index is 0.214. The highest BCUT2D eigenvalue weighted by atomic mass is 19.2. The van der Waals surface area contributed by atoms with Gasteiger partial charge < -0.3 is 10.1 Å². The van der Waals surface area contributed by atoms with E-state index in [1.54, 1.807) is 13.0 Å². The second-order valence-electron chi connectivity index (χ2n) is 5.06. The molecule has 1 N–H and O–H groups in total. The summed E-state index contributed by atoms with van der Waals surface area (Å²) in [7, 11) is 0. The van der Waals surface area contributed by atoms with Crippen molar-refractivity contribution < 1.29 is 23.1 Å². The highest BCUT2D eigenvalue weighted by Gasteiger charge is 2.13. The smallest absolute Gasteiger partial charge is 0.338 e. The fourth-order valence-electron chi connectivity index (χ4n) is 2.04. The second kappa shape index (κ2) is 8.53. The monoisotopic (exact) mass is 356 g/mol. The maximum Gasteiger partial charge on any atom is 0.338 e. The molecule has 0 aliphatic heterocycles. The number of ether oxygens (including phenoxy) is 1. The Morgan fingerprint density at radius 2 is 1.88 bits per heavy atom. The van der Waals surface area contributed by atoms with Crippen molar-refractivity contribution in [1.82, 2.24) is 0 Å². The van der Waals surface area contributed by atoms with Crippen molar-refractivity contribution in [1.29, 1.82) is 5.26 Å². The minimum atomic E-state index is -1.15. The van der Waals surface area contributed by atoms with Crippen LogP contribution in [0.5, 0.6) is 0 Å². The molecule has 0 spiro atoms. The van der Waals surface area contributed by atoms with Gasteiger partial charge in [0.1, 0.15) is 11.6 Å². The highest BCUT2D eigenvalue weighted by molar-refractivity contribution is 6.09. The van der Waals surface area contributed by atoms with E-state index >= 15 is 0 Å². The number of rotatable bonds is 5. The SMILES string of the molecule is CCOC(=O)c1ccc(NC(=O)/C(C#N)=C\c2cccc(F)c2F)cc1. The van der Waals surface area contributed by atoms with Gasteiger partial charge in [0.15, 0.2) is 11.6 Å². The van der Waals surface area contributed by atoms with Crippen LogP contribution >= 0.6 is 0 Å². The number of carbonyl (C=O) groups is 2. The second-order valence-corrected chi connectivity index (χ2v) is 5.06. The molecule has 1 amide bonds. The van der Waals surface area contributed by atoms with Gasteiger partial charge in [0.25, 0.3) is 5.91 Å². The van der Waals surface area contributed by atoms with Gasteiger partial charge in [-0.15, -0.1) is 0 Å². The molecule has 0 radical (unpaired) electrons. The van der Waals surface area contributed by atoms with Crippen LogP contribution in [0.15, 0.2) is 48.0 Å². The van der Waals surface area contributed by atoms with Crippen molar-refractivity contribution in [2.45, 2.75) is 6.92 Å². The maximum atomic E-state index is 13.7. The molecule has 2 aromatic carbocycles. The molecule has 0 heterocycles. The molecule has 0 bridgehead atoms. The van der Waals surface area contributed by atoms with E-state index in [4.69, 9.17) is 10.00 Å². The van der Waals surface area contributed by atoms with Crippen LogP contribution in [0.2, 0.25) is 0 Å². The van der Waals surface area contributed by atoms with Crippen LogP contribution in [-0.4, -0.2) is 18.5 Å². The van der Waals surface area contributed by atoms with E-state index in [1.165, 1.54) is 36.4 Å². The number of carbonyl (C=O) groups excluding carboxylic acids is 2. The molecule has 26 heavy (non-hydrogen) atoms. The van der Waals surface area contributed by atoms with Crippen LogP contribution in [0.1, 0.15) is 22.8 Å². The molecule has 2 rings (SSSR count). The lowest BCUT2D eigenvalue weighted by Crippen LogP contribution is -2.14. The Morgan fingerprint density at radius 3 is 2.50 bits per heavy atom. The molecule has 5 nitrogen and oxygen atoms in total. The fourth-order valence-corrected chi connectivity index (χ4v) is 2.04. The number of nitrogens with zero attached hydrogens (tertiary/aromatic N) is 1. The quantitative estimate of drug-likeness (QED) is 0.503. The topological polar surface area (TPSA) is 79.2 Å². The van der Waals surface area contributed by atoms with Gasteiger partial charge in [-0.05, 0) is 43.3 Å². The van der Waals surface area contributed by atoms with Gasteiger partial charge in [-0.3, -0.25) is 4.79 Å². The Bertz CT molecular complexity index is 900. The van der Waals surface area contributed by atoms with Gasteiger partial charge >= 0.3 is 5.97 Å². The van der Waals surface area contributed by atoms with Crippen molar-refractivity contribution in [3.8, 4) is 6.07 Å². The number of amides is 1. The van der Waals surface area contributed by atoms with Crippen LogP contribution in [-0.2, 0) is 9.53 Å². The summed E-state index contributed by atoms with van der Waals surface area (Å²) in [6, 6.07) is 10.9. The van der Waals surface area contributed by atoms with Gasteiger partial charge in [0.2, 0.25) is 0 Å². The Hall–Kier alpha value is -3.53. The van der Waals surface area contributed by atoms with E-state index in [1.807, 2.05) is 0 Å². The first kappa shape index (κ1) is 18.8. The van der Waals surface area contributed by atoms with E-state index in [0.29, 0.717) is 11.3 Å². The molecule has 7 heteroatoms. The third-order valence-corrected chi connectivity index (χ3v) is 3.30. The van der Waals surface area contributed by atoms with Gasteiger partial charge in [-0.25, -0.2) is 13.6 Å². The molecule has 0 fully saturated rings. The summed E-state index contributed by atoms with van der Waals surface area (Å²) in [5.41, 5.74) is 0.0185. The first-order valence-electron chi connectivity index (χ1n) is 7.60. The summed E-state index contributed by atoms with van der Waals surface area (Å²) in [4.78, 5) is 23.7. The van der Waals surface area contributed by atoms with Crippen molar-refractivity contribution in [3.05, 3.63) is 70.8 Å². The lowest BCUT2D eigenvalue weighted by Gasteiger charge is -2.06. The van der Waals surface area contributed by atoms with E-state index in [-0.39, 0.29) is 12.2 Å². The van der Waals surface area contributed by atoms with E-state index in [9.17, 15) is 18.4 Å². The lowest BCUT2D eigenvalue weighted by molar-refractivity contribution is -0.112. The molecule has 132 valence electrons. The summed E-state index contributed by atoms with van der Waals surface area (Å²) >= 11 is 0. The third kappa shape index (κ3) is 4.51. The molecule has 0 aliphatic carbocycles. The zero-order valence-corrected chi connectivity index (χ0v) is 13.8. The average molecular weight is 356 g/mol. The van der Waals surface area contributed by atoms with Gasteiger partial charge in [-0.2, -0.15) is 5.26 Å². The van der Waals surface area contributed by atoms with Gasteiger partial charge in [-0.1, -0.05) is 12.1 Å². The molecule has 0 saturated heterocycles. The van der Waals surface area contributed by atoms with Crippen LogP contribution < -0.4 is 5.32 Å². The molecule has 0 saturated carbocycles. The van der Waals surface area contributed by atoms with Crippen LogP contribution in [0.25, 0.3) is 6.08 Å². The van der Waals surface area contributed by atoms with Crippen molar-refractivity contribution >= 4 is 23.6 Å². The van der Waals surface area contributed by atoms with Crippen LogP contribution in [0.4, 0.5) is 14.5 Å². The maximum absolute atomic E-state index is 13.7. The Morgan fingerprint density at radius 1 is 1.19 bits per heavy atom. The van der Waals surface area contributed by atoms with E-state index < -0.39 is 29.1 Å². The average Bonchev–Trinajstić information content (AvgIpc) is 2.63. The summed E-state index contributed by atoms with van der Waals surface area (Å²) in [6.45, 7) is 1.92. The number of esters is 1. The fraction of sp³-hybridized carbons (Fsp3) is 0.105. The van der Waals surface area contributed by atoms with E-state index in [0.717, 1.165) is 12.1 Å². The van der Waals surface area contributed by atoms with Gasteiger partial charge in [0.05, 0.1) is 12.2 Å². The van der Waals surface area contributed by atoms with Crippen LogP contribution in [0, 0.1) is 23.0 Å². The molecular formula is C19H14F2N2O3. The molecule has 0 aliphatic rings. The Balaban J connectivity index is 2.17. The van der Waals surface area contributed by atoms with E-state index in [2.05, 4.69) is 5.32 Å². The highest BCUT2D eigenvalue weighted by Crippen LogP contribution is 2.16. The van der Waals surface area contributed by atoms with Crippen molar-refractivity contribution in [2.24, 2.45) is 0 Å². The first-order chi connectivity index (χ1) is 12.5. The summed E-state index contributed by atoms with van der Waals surface area (Å²) in [5, 5.41) is 11.6. The standard InChI is InChI=1S/C19H14F2N2O3/c1-2-26-19(25)12-6-8-15(9-7-12)23-18(24)14(11-22)10-13-4-3-5-16(20)17(13)21/h3-10H,2H2,1H3,(H,23,24)/b14-10-. The zero-order valence-electron chi connectivity index (χ0n) is 13.8. The predicted molar refractivity (Wildman–Crippen MR) is 91.0 cm³/mol. The predicted octanol–water partition coefficient (Wildman–Crippen LogP) is 3.69. The molecule has 0 unspecified atom stereocenters. The first-order valence-corrected chi connectivity index (χ1v) is 7.60. The summed E-state index contributed by atoms with van der Waals surface area (Å²) in [5.74, 6) is -3.51. The number of nitrogens with one attached hydrogen (secondary N) is 1. The number of halogens is 2. The molecule has 0 atom stereocenters. The zero-order chi connectivity index (χ0) is 19.1. The Kier molecular flexibility index (Phi) is 6.17. The van der Waals surface area contributed by atoms with Crippen molar-refractivity contribution in [3.63, 3.8) is 0 Å². The molecular weight excluding hydrogens is 342 g/mol. The van der Waals surface area contributed by atoms with Crippen molar-refractivity contribution in [2.75, 3.05) is 11.9 Å². The number of hydrogen-bond donors (Lipinski definition) is 1. The summed E-state index contributed by atoms with van der Waals surface area (Å²) < 4.78 is 31.7. The number of anilines is 1. The van der Waals surface area contributed by atoms with Crippen LogP contribution in [0.3, 0.4) is 0 Å². The number of nitriles is 1. The number of benzene rings is 2. The molecule has 0 aromatic heterocycles. The van der Waals surface area contributed by atoms with Gasteiger partial charge in [0, 0.05) is 11.3 Å².